The van der Waals surface area contributed by atoms with Gasteiger partial charge in [0, 0.05) is 6.04 Å². The molecule has 1 aromatic rings. The zero-order valence-corrected chi connectivity index (χ0v) is 10.8. The minimum atomic E-state index is -0.785. The van der Waals surface area contributed by atoms with Crippen LogP contribution in [0.5, 0.6) is 0 Å². The van der Waals surface area contributed by atoms with E-state index in [2.05, 4.69) is 19.2 Å². The Bertz CT molecular complexity index is 352. The Morgan fingerprint density at radius 1 is 1.18 bits per heavy atom. The van der Waals surface area contributed by atoms with Gasteiger partial charge in [-0.3, -0.25) is 0 Å². The molecule has 2 atom stereocenters. The summed E-state index contributed by atoms with van der Waals surface area (Å²) >= 11 is 0. The van der Waals surface area contributed by atoms with Gasteiger partial charge in [-0.25, -0.2) is 8.78 Å². The number of benzene rings is 1. The minimum absolute atomic E-state index is 0.102. The van der Waals surface area contributed by atoms with E-state index in [0.717, 1.165) is 24.9 Å². The standard InChI is InChI=1S/C14H21F2N/c1-4-10(3)8-14(17-5-2)11-6-7-12(15)13(16)9-11/h6-7,9-10,14,17H,4-5,8H2,1-3H3. The third-order valence-corrected chi connectivity index (χ3v) is 3.13. The van der Waals surface area contributed by atoms with Gasteiger partial charge >= 0.3 is 0 Å². The van der Waals surface area contributed by atoms with Crippen molar-refractivity contribution in [3.05, 3.63) is 35.4 Å². The highest BCUT2D eigenvalue weighted by Crippen LogP contribution is 2.24. The van der Waals surface area contributed by atoms with E-state index in [1.165, 1.54) is 12.1 Å². The van der Waals surface area contributed by atoms with Crippen LogP contribution in [-0.2, 0) is 0 Å². The summed E-state index contributed by atoms with van der Waals surface area (Å²) in [6.45, 7) is 7.15. The van der Waals surface area contributed by atoms with Gasteiger partial charge in [0.05, 0.1) is 0 Å². The van der Waals surface area contributed by atoms with Crippen molar-refractivity contribution in [3.8, 4) is 0 Å². The molecule has 0 aliphatic carbocycles. The zero-order valence-electron chi connectivity index (χ0n) is 10.8. The molecular weight excluding hydrogens is 220 g/mol. The first-order valence-electron chi connectivity index (χ1n) is 6.26. The van der Waals surface area contributed by atoms with Crippen LogP contribution in [0.25, 0.3) is 0 Å². The van der Waals surface area contributed by atoms with Gasteiger partial charge in [-0.05, 0) is 36.6 Å². The topological polar surface area (TPSA) is 12.0 Å². The second kappa shape index (κ2) is 6.70. The lowest BCUT2D eigenvalue weighted by Gasteiger charge is -2.21. The molecule has 3 heteroatoms. The molecule has 0 amide bonds. The van der Waals surface area contributed by atoms with Gasteiger partial charge in [0.15, 0.2) is 11.6 Å². The second-order valence-electron chi connectivity index (χ2n) is 4.53. The molecule has 1 nitrogen and oxygen atoms in total. The summed E-state index contributed by atoms with van der Waals surface area (Å²) in [5.74, 6) is -0.991. The molecule has 0 aliphatic rings. The smallest absolute Gasteiger partial charge is 0.159 e. The van der Waals surface area contributed by atoms with Crippen LogP contribution in [-0.4, -0.2) is 6.54 Å². The summed E-state index contributed by atoms with van der Waals surface area (Å²) in [5.41, 5.74) is 0.825. The van der Waals surface area contributed by atoms with Gasteiger partial charge in [-0.2, -0.15) is 0 Å². The SMILES string of the molecule is CCNC(CC(C)CC)c1ccc(F)c(F)c1. The van der Waals surface area contributed by atoms with Crippen molar-refractivity contribution < 1.29 is 8.78 Å². The fourth-order valence-electron chi connectivity index (χ4n) is 1.88. The molecule has 0 aromatic heterocycles. The van der Waals surface area contributed by atoms with Crippen LogP contribution < -0.4 is 5.32 Å². The van der Waals surface area contributed by atoms with Gasteiger partial charge in [0.2, 0.25) is 0 Å². The lowest BCUT2D eigenvalue weighted by atomic mass is 9.94. The number of hydrogen-bond acceptors (Lipinski definition) is 1. The Labute approximate surface area is 102 Å². The molecule has 1 aromatic carbocycles. The van der Waals surface area contributed by atoms with E-state index in [1.807, 2.05) is 6.92 Å². The monoisotopic (exact) mass is 241 g/mol. The van der Waals surface area contributed by atoms with E-state index >= 15 is 0 Å². The van der Waals surface area contributed by atoms with Gasteiger partial charge in [-0.1, -0.05) is 33.3 Å². The Balaban J connectivity index is 2.84. The van der Waals surface area contributed by atoms with Crippen molar-refractivity contribution in [1.82, 2.24) is 5.32 Å². The fraction of sp³-hybridized carbons (Fsp3) is 0.571. The number of nitrogens with one attached hydrogen (secondary N) is 1. The molecule has 0 saturated heterocycles. The highest BCUT2D eigenvalue weighted by atomic mass is 19.2. The van der Waals surface area contributed by atoms with Gasteiger partial charge in [0.25, 0.3) is 0 Å². The van der Waals surface area contributed by atoms with Crippen LogP contribution in [0.15, 0.2) is 18.2 Å². The summed E-state index contributed by atoms with van der Waals surface area (Å²) in [7, 11) is 0. The Kier molecular flexibility index (Phi) is 5.56. The summed E-state index contributed by atoms with van der Waals surface area (Å²) in [6.07, 6.45) is 2.03. The second-order valence-corrected chi connectivity index (χ2v) is 4.53. The maximum Gasteiger partial charge on any atom is 0.159 e. The van der Waals surface area contributed by atoms with E-state index in [1.54, 1.807) is 6.07 Å². The van der Waals surface area contributed by atoms with Crippen molar-refractivity contribution in [3.63, 3.8) is 0 Å². The average molecular weight is 241 g/mol. The highest BCUT2D eigenvalue weighted by molar-refractivity contribution is 5.21. The summed E-state index contributed by atoms with van der Waals surface area (Å²) < 4.78 is 26.1. The van der Waals surface area contributed by atoms with E-state index in [4.69, 9.17) is 0 Å². The Hall–Kier alpha value is -0.960. The molecule has 1 rings (SSSR count). The van der Waals surface area contributed by atoms with Crippen molar-refractivity contribution >= 4 is 0 Å². The molecular formula is C14H21F2N. The maximum absolute atomic E-state index is 13.2. The molecule has 0 aliphatic heterocycles. The average Bonchev–Trinajstić information content (AvgIpc) is 2.32. The predicted octanol–water partition coefficient (Wildman–Crippen LogP) is 4.05. The van der Waals surface area contributed by atoms with E-state index in [0.29, 0.717) is 5.92 Å². The van der Waals surface area contributed by atoms with Crippen LogP contribution in [0.3, 0.4) is 0 Å². The first-order chi connectivity index (χ1) is 8.08. The molecule has 0 spiro atoms. The van der Waals surface area contributed by atoms with E-state index in [9.17, 15) is 8.78 Å². The molecule has 0 fully saturated rings. The Morgan fingerprint density at radius 2 is 1.88 bits per heavy atom. The summed E-state index contributed by atoms with van der Waals surface area (Å²) in [6, 6.07) is 4.26. The Morgan fingerprint density at radius 3 is 2.41 bits per heavy atom. The number of hydrogen-bond donors (Lipinski definition) is 1. The largest absolute Gasteiger partial charge is 0.310 e. The quantitative estimate of drug-likeness (QED) is 0.792. The molecule has 0 radical (unpaired) electrons. The van der Waals surface area contributed by atoms with Gasteiger partial charge < -0.3 is 5.32 Å². The third-order valence-electron chi connectivity index (χ3n) is 3.13. The first-order valence-corrected chi connectivity index (χ1v) is 6.26. The summed E-state index contributed by atoms with van der Waals surface area (Å²) in [4.78, 5) is 0. The van der Waals surface area contributed by atoms with Crippen LogP contribution >= 0.6 is 0 Å². The minimum Gasteiger partial charge on any atom is -0.310 e. The molecule has 1 N–H and O–H groups in total. The number of halogens is 2. The first kappa shape index (κ1) is 14.1. The lowest BCUT2D eigenvalue weighted by molar-refractivity contribution is 0.405. The van der Waals surface area contributed by atoms with E-state index in [-0.39, 0.29) is 6.04 Å². The molecule has 2 unspecified atom stereocenters. The molecule has 17 heavy (non-hydrogen) atoms. The van der Waals surface area contributed by atoms with Crippen molar-refractivity contribution in [2.75, 3.05) is 6.54 Å². The normalized spacial score (nSPS) is 14.6. The van der Waals surface area contributed by atoms with Crippen LogP contribution in [0, 0.1) is 17.6 Å². The fourth-order valence-corrected chi connectivity index (χ4v) is 1.88. The maximum atomic E-state index is 13.2. The lowest BCUT2D eigenvalue weighted by Crippen LogP contribution is -2.23. The van der Waals surface area contributed by atoms with Crippen LogP contribution in [0.1, 0.15) is 45.2 Å². The van der Waals surface area contributed by atoms with E-state index < -0.39 is 11.6 Å². The highest BCUT2D eigenvalue weighted by Gasteiger charge is 2.15. The van der Waals surface area contributed by atoms with Crippen molar-refractivity contribution in [2.24, 2.45) is 5.92 Å². The van der Waals surface area contributed by atoms with Crippen LogP contribution in [0.4, 0.5) is 8.78 Å². The molecule has 0 saturated carbocycles. The predicted molar refractivity (Wildman–Crippen MR) is 66.8 cm³/mol. The van der Waals surface area contributed by atoms with Crippen LogP contribution in [0.2, 0.25) is 0 Å². The summed E-state index contributed by atoms with van der Waals surface area (Å²) in [5, 5.41) is 3.32. The molecule has 0 heterocycles. The van der Waals surface area contributed by atoms with Gasteiger partial charge in [0.1, 0.15) is 0 Å². The molecule has 96 valence electrons. The van der Waals surface area contributed by atoms with Crippen molar-refractivity contribution in [2.45, 2.75) is 39.7 Å². The number of rotatable bonds is 6. The zero-order chi connectivity index (χ0) is 12.8. The van der Waals surface area contributed by atoms with Crippen molar-refractivity contribution in [1.29, 1.82) is 0 Å². The van der Waals surface area contributed by atoms with Gasteiger partial charge in [-0.15, -0.1) is 0 Å². The molecule has 0 bridgehead atoms. The third kappa shape index (κ3) is 4.08.